The molecule has 1 unspecified atom stereocenters. The van der Waals surface area contributed by atoms with Crippen molar-refractivity contribution in [2.45, 2.75) is 46.0 Å². The zero-order chi connectivity index (χ0) is 16.0. The number of rotatable bonds is 3. The smallest absolute Gasteiger partial charge is 0 e. The topological polar surface area (TPSA) is 0 Å². The van der Waals surface area contributed by atoms with Gasteiger partial charge in [0.15, 0.2) is 0 Å². The van der Waals surface area contributed by atoms with Gasteiger partial charge < -0.3 is 0 Å². The molecule has 24 heavy (non-hydrogen) atoms. The van der Waals surface area contributed by atoms with Gasteiger partial charge in [-0.3, -0.25) is 0 Å². The fourth-order valence-electron chi connectivity index (χ4n) is 4.23. The monoisotopic (exact) mass is 481 g/mol. The van der Waals surface area contributed by atoms with Gasteiger partial charge in [0.25, 0.3) is 0 Å². The van der Waals surface area contributed by atoms with Crippen molar-refractivity contribution >= 4 is 10.8 Å². The molecule has 0 saturated carbocycles. The van der Waals surface area contributed by atoms with Gasteiger partial charge in [-0.05, 0) is 29.7 Å². The summed E-state index contributed by atoms with van der Waals surface area (Å²) < 4.78 is 0. The third-order valence-electron chi connectivity index (χ3n) is 5.41. The van der Waals surface area contributed by atoms with Gasteiger partial charge in [0.05, 0.1) is 0 Å². The van der Waals surface area contributed by atoms with Gasteiger partial charge in [-0.15, -0.1) is 34.5 Å². The van der Waals surface area contributed by atoms with E-state index in [1.54, 1.807) is 11.1 Å². The predicted octanol–water partition coefficient (Wildman–Crippen LogP) is 6.03. The van der Waals surface area contributed by atoms with E-state index < -0.39 is 0 Å². The van der Waals surface area contributed by atoms with Crippen LogP contribution in [0, 0.1) is 5.41 Å². The standard InChI is InChI=1S/C23H25.Hf/c1-16(17-7-5-4-6-8-17)11-18-9-10-19-12-20-14-23(2,3)15-21(20)13-22(18)19;/h4-10,12-13,16H,11,14-15H2,1-3H3;/q-1;. The van der Waals surface area contributed by atoms with Crippen molar-refractivity contribution in [2.24, 2.45) is 5.41 Å². The third kappa shape index (κ3) is 3.33. The molecule has 0 amide bonds. The molecule has 1 aliphatic rings. The van der Waals surface area contributed by atoms with Crippen LogP contribution in [0.3, 0.4) is 0 Å². The van der Waals surface area contributed by atoms with E-state index in [0.29, 0.717) is 11.3 Å². The predicted molar refractivity (Wildman–Crippen MR) is 99.3 cm³/mol. The molecular weight excluding hydrogens is 455 g/mol. The van der Waals surface area contributed by atoms with Crippen molar-refractivity contribution in [2.75, 3.05) is 0 Å². The molecule has 1 heteroatoms. The van der Waals surface area contributed by atoms with Crippen molar-refractivity contribution < 1.29 is 25.8 Å². The Bertz CT molecular complexity index is 839. The molecule has 0 aliphatic heterocycles. The van der Waals surface area contributed by atoms with Crippen LogP contribution in [0.1, 0.15) is 48.9 Å². The van der Waals surface area contributed by atoms with Crippen molar-refractivity contribution in [3.8, 4) is 0 Å². The maximum atomic E-state index is 2.48. The van der Waals surface area contributed by atoms with Crippen molar-refractivity contribution in [3.63, 3.8) is 0 Å². The summed E-state index contributed by atoms with van der Waals surface area (Å²) in [6, 6.07) is 20.4. The van der Waals surface area contributed by atoms with E-state index in [9.17, 15) is 0 Å². The summed E-state index contributed by atoms with van der Waals surface area (Å²) in [6.07, 6.45) is 3.56. The minimum absolute atomic E-state index is 0. The summed E-state index contributed by atoms with van der Waals surface area (Å²) in [7, 11) is 0. The first-order valence-corrected chi connectivity index (χ1v) is 8.77. The summed E-state index contributed by atoms with van der Waals surface area (Å²) in [6.45, 7) is 7.11. The minimum Gasteiger partial charge on any atom is -0.168 e. The summed E-state index contributed by atoms with van der Waals surface area (Å²) >= 11 is 0. The van der Waals surface area contributed by atoms with Crippen LogP contribution in [0.2, 0.25) is 0 Å². The molecule has 4 rings (SSSR count). The molecule has 122 valence electrons. The Morgan fingerprint density at radius 3 is 2.38 bits per heavy atom. The normalized spacial score (nSPS) is 16.6. The molecule has 0 fully saturated rings. The average Bonchev–Trinajstić information content (AvgIpc) is 3.04. The molecule has 1 aliphatic carbocycles. The fourth-order valence-corrected chi connectivity index (χ4v) is 4.23. The number of benzene rings is 2. The Labute approximate surface area is 164 Å². The summed E-state index contributed by atoms with van der Waals surface area (Å²) in [5.74, 6) is 0.562. The van der Waals surface area contributed by atoms with Crippen LogP contribution in [0.15, 0.2) is 54.6 Å². The number of hydrogen-bond acceptors (Lipinski definition) is 0. The van der Waals surface area contributed by atoms with Crippen LogP contribution >= 0.6 is 0 Å². The van der Waals surface area contributed by atoms with E-state index in [-0.39, 0.29) is 25.8 Å². The molecule has 3 aromatic rings. The SMILES string of the molecule is CC(C[c-]1ccc2cc3c(cc21)CC(C)(C)C3)c1ccccc1.[Hf]. The van der Waals surface area contributed by atoms with E-state index in [1.165, 1.54) is 34.7 Å². The number of hydrogen-bond donors (Lipinski definition) is 0. The molecule has 1 atom stereocenters. The second-order valence-corrected chi connectivity index (χ2v) is 8.10. The Morgan fingerprint density at radius 2 is 1.67 bits per heavy atom. The summed E-state index contributed by atoms with van der Waals surface area (Å²) in [5.41, 5.74) is 6.50. The second kappa shape index (κ2) is 6.67. The van der Waals surface area contributed by atoms with E-state index in [2.05, 4.69) is 75.4 Å². The maximum absolute atomic E-state index is 2.48. The van der Waals surface area contributed by atoms with Crippen LogP contribution in [-0.2, 0) is 45.1 Å². The first-order chi connectivity index (χ1) is 11.0. The largest absolute Gasteiger partial charge is 0.168 e. The molecule has 0 spiro atoms. The zero-order valence-corrected chi connectivity index (χ0v) is 18.5. The Kier molecular flexibility index (Phi) is 4.93. The average molecular weight is 480 g/mol. The minimum atomic E-state index is 0. The molecular formula is C23H25Hf-. The molecule has 0 aromatic heterocycles. The van der Waals surface area contributed by atoms with Gasteiger partial charge in [-0.25, -0.2) is 0 Å². The maximum Gasteiger partial charge on any atom is 0 e. The van der Waals surface area contributed by atoms with Crippen molar-refractivity contribution in [3.05, 3.63) is 76.9 Å². The van der Waals surface area contributed by atoms with Gasteiger partial charge in [-0.2, -0.15) is 6.07 Å². The van der Waals surface area contributed by atoms with Crippen LogP contribution in [0.25, 0.3) is 10.8 Å². The third-order valence-corrected chi connectivity index (χ3v) is 5.41. The molecule has 0 saturated heterocycles. The van der Waals surface area contributed by atoms with Crippen LogP contribution in [-0.4, -0.2) is 0 Å². The molecule has 3 aromatic carbocycles. The van der Waals surface area contributed by atoms with Crippen molar-refractivity contribution in [1.29, 1.82) is 0 Å². The zero-order valence-electron chi connectivity index (χ0n) is 14.9. The molecule has 0 N–H and O–H groups in total. The van der Waals surface area contributed by atoms with E-state index in [1.807, 2.05) is 0 Å². The van der Waals surface area contributed by atoms with E-state index in [4.69, 9.17) is 0 Å². The van der Waals surface area contributed by atoms with Gasteiger partial charge in [0.1, 0.15) is 0 Å². The van der Waals surface area contributed by atoms with Crippen molar-refractivity contribution in [1.82, 2.24) is 0 Å². The van der Waals surface area contributed by atoms with Gasteiger partial charge >= 0.3 is 0 Å². The van der Waals surface area contributed by atoms with Gasteiger partial charge in [-0.1, -0.05) is 68.7 Å². The van der Waals surface area contributed by atoms with Crippen LogP contribution in [0.4, 0.5) is 0 Å². The second-order valence-electron chi connectivity index (χ2n) is 8.10. The Morgan fingerprint density at radius 1 is 1.00 bits per heavy atom. The van der Waals surface area contributed by atoms with Crippen LogP contribution in [0.5, 0.6) is 0 Å². The first kappa shape index (κ1) is 17.7. The quantitative estimate of drug-likeness (QED) is 0.318. The molecule has 0 heterocycles. The van der Waals surface area contributed by atoms with Crippen LogP contribution < -0.4 is 0 Å². The molecule has 0 nitrogen and oxygen atoms in total. The Balaban J connectivity index is 0.00000169. The fraction of sp³-hybridized carbons (Fsp3) is 0.348. The Hall–Kier alpha value is -1.08. The molecule has 0 radical (unpaired) electrons. The van der Waals surface area contributed by atoms with Gasteiger partial charge in [0, 0.05) is 25.8 Å². The summed E-state index contributed by atoms with van der Waals surface area (Å²) in [4.78, 5) is 0. The van der Waals surface area contributed by atoms with Gasteiger partial charge in [0.2, 0.25) is 0 Å². The first-order valence-electron chi connectivity index (χ1n) is 8.77. The molecule has 0 bridgehead atoms. The summed E-state index contributed by atoms with van der Waals surface area (Å²) in [5, 5.41) is 2.90. The van der Waals surface area contributed by atoms with E-state index >= 15 is 0 Å². The van der Waals surface area contributed by atoms with E-state index in [0.717, 1.165) is 6.42 Å². The number of fused-ring (bicyclic) bond motifs is 2.